The van der Waals surface area contributed by atoms with Gasteiger partial charge in [-0.25, -0.2) is 18.4 Å². The maximum absolute atomic E-state index is 11.3. The van der Waals surface area contributed by atoms with E-state index in [1.807, 2.05) is 0 Å². The number of hydrogen-bond donors (Lipinski definition) is 3. The van der Waals surface area contributed by atoms with Gasteiger partial charge in [-0.15, -0.1) is 0 Å². The van der Waals surface area contributed by atoms with Crippen LogP contribution in [-0.2, 0) is 14.8 Å². The lowest BCUT2D eigenvalue weighted by atomic mass is 10.1. The van der Waals surface area contributed by atoms with Crippen molar-refractivity contribution in [3.63, 3.8) is 0 Å². The summed E-state index contributed by atoms with van der Waals surface area (Å²) in [5.74, 6) is -1.10. The Balaban J connectivity index is 3.21. The number of primary sulfonamides is 1. The van der Waals surface area contributed by atoms with Gasteiger partial charge >= 0.3 is 5.97 Å². The van der Waals surface area contributed by atoms with Crippen molar-refractivity contribution in [1.29, 1.82) is 0 Å². The molecular weight excluding hydrogens is 244 g/mol. The molecule has 1 aromatic carbocycles. The molecule has 17 heavy (non-hydrogen) atoms. The molecule has 94 valence electrons. The van der Waals surface area contributed by atoms with E-state index < -0.39 is 21.5 Å². The van der Waals surface area contributed by atoms with Crippen LogP contribution in [0.3, 0.4) is 0 Å². The van der Waals surface area contributed by atoms with Crippen LogP contribution in [0.25, 0.3) is 0 Å². The second-order valence-electron chi connectivity index (χ2n) is 4.10. The van der Waals surface area contributed by atoms with Crippen molar-refractivity contribution in [2.24, 2.45) is 5.14 Å². The van der Waals surface area contributed by atoms with Crippen molar-refractivity contribution in [2.75, 3.05) is 5.32 Å². The van der Waals surface area contributed by atoms with Crippen molar-refractivity contribution in [2.45, 2.75) is 24.3 Å². The maximum Gasteiger partial charge on any atom is 0.328 e. The fourth-order valence-corrected chi connectivity index (χ4v) is 1.90. The number of benzene rings is 1. The lowest BCUT2D eigenvalue weighted by molar-refractivity contribution is -0.141. The molecule has 0 aliphatic rings. The van der Waals surface area contributed by atoms with Crippen LogP contribution >= 0.6 is 0 Å². The van der Waals surface area contributed by atoms with E-state index in [9.17, 15) is 13.2 Å². The SMILES string of the molecule is CC(C)(Nc1ccccc1S(N)(=O)=O)C(=O)O. The third-order valence-electron chi connectivity index (χ3n) is 2.18. The van der Waals surface area contributed by atoms with Crippen molar-refractivity contribution >= 4 is 21.7 Å². The fraction of sp³-hybridized carbons (Fsp3) is 0.300. The van der Waals surface area contributed by atoms with Gasteiger partial charge in [0.1, 0.15) is 10.4 Å². The molecule has 0 amide bonds. The maximum atomic E-state index is 11.3. The van der Waals surface area contributed by atoms with E-state index in [4.69, 9.17) is 10.2 Å². The van der Waals surface area contributed by atoms with Gasteiger partial charge in [0.05, 0.1) is 5.69 Å². The third kappa shape index (κ3) is 3.18. The summed E-state index contributed by atoms with van der Waals surface area (Å²) < 4.78 is 22.6. The number of carbonyl (C=O) groups is 1. The highest BCUT2D eigenvalue weighted by molar-refractivity contribution is 7.89. The van der Waals surface area contributed by atoms with Crippen LogP contribution < -0.4 is 10.5 Å². The summed E-state index contributed by atoms with van der Waals surface area (Å²) in [7, 11) is -3.89. The average molecular weight is 258 g/mol. The molecule has 6 nitrogen and oxygen atoms in total. The number of anilines is 1. The predicted octanol–water partition coefficient (Wildman–Crippen LogP) is 0.609. The van der Waals surface area contributed by atoms with E-state index in [1.54, 1.807) is 6.07 Å². The molecule has 0 heterocycles. The Labute approximate surface area is 99.5 Å². The Hall–Kier alpha value is -1.60. The van der Waals surface area contributed by atoms with E-state index in [0.29, 0.717) is 0 Å². The highest BCUT2D eigenvalue weighted by Gasteiger charge is 2.28. The Morgan fingerprint density at radius 1 is 1.35 bits per heavy atom. The molecular formula is C10H14N2O4S. The zero-order chi connectivity index (χ0) is 13.3. The highest BCUT2D eigenvalue weighted by atomic mass is 32.2. The molecule has 0 aliphatic heterocycles. The summed E-state index contributed by atoms with van der Waals surface area (Å²) >= 11 is 0. The normalized spacial score (nSPS) is 12.2. The monoisotopic (exact) mass is 258 g/mol. The number of carboxylic acids is 1. The molecule has 0 saturated heterocycles. The Morgan fingerprint density at radius 2 is 1.88 bits per heavy atom. The van der Waals surface area contributed by atoms with Gasteiger partial charge in [-0.2, -0.15) is 0 Å². The predicted molar refractivity (Wildman–Crippen MR) is 63.2 cm³/mol. The number of hydrogen-bond acceptors (Lipinski definition) is 4. The minimum absolute atomic E-state index is 0.130. The van der Waals surface area contributed by atoms with E-state index >= 15 is 0 Å². The van der Waals surface area contributed by atoms with Crippen LogP contribution in [0.2, 0.25) is 0 Å². The first-order chi connectivity index (χ1) is 7.64. The van der Waals surface area contributed by atoms with E-state index in [0.717, 1.165) is 0 Å². The number of nitrogens with two attached hydrogens (primary N) is 1. The smallest absolute Gasteiger partial charge is 0.328 e. The van der Waals surface area contributed by atoms with Gasteiger partial charge in [0.25, 0.3) is 0 Å². The number of nitrogens with one attached hydrogen (secondary N) is 1. The minimum atomic E-state index is -3.89. The topological polar surface area (TPSA) is 109 Å². The minimum Gasteiger partial charge on any atom is -0.480 e. The standard InChI is InChI=1S/C10H14N2O4S/c1-10(2,9(13)14)12-7-5-3-4-6-8(7)17(11,15)16/h3-6,12H,1-2H3,(H,13,14)(H2,11,15,16). The highest BCUT2D eigenvalue weighted by Crippen LogP contribution is 2.23. The first-order valence-electron chi connectivity index (χ1n) is 4.78. The van der Waals surface area contributed by atoms with Gasteiger partial charge in [-0.3, -0.25) is 0 Å². The first kappa shape index (κ1) is 13.5. The molecule has 0 atom stereocenters. The van der Waals surface area contributed by atoms with E-state index in [-0.39, 0.29) is 10.6 Å². The van der Waals surface area contributed by atoms with E-state index in [1.165, 1.54) is 32.0 Å². The van der Waals surface area contributed by atoms with Gasteiger partial charge in [0, 0.05) is 0 Å². The number of sulfonamides is 1. The summed E-state index contributed by atoms with van der Waals surface area (Å²) in [5.41, 5.74) is -1.12. The molecule has 1 aromatic rings. The van der Waals surface area contributed by atoms with Crippen LogP contribution in [-0.4, -0.2) is 25.0 Å². The number of carboxylic acid groups (broad SMARTS) is 1. The van der Waals surface area contributed by atoms with Crippen molar-refractivity contribution in [3.8, 4) is 0 Å². The summed E-state index contributed by atoms with van der Waals surface area (Å²) in [4.78, 5) is 10.8. The molecule has 0 aromatic heterocycles. The average Bonchev–Trinajstić information content (AvgIpc) is 2.15. The molecule has 0 radical (unpaired) electrons. The molecule has 0 spiro atoms. The van der Waals surface area contributed by atoms with Crippen molar-refractivity contribution in [3.05, 3.63) is 24.3 Å². The summed E-state index contributed by atoms with van der Waals surface area (Å²) in [5, 5.41) is 16.6. The number of rotatable bonds is 4. The van der Waals surface area contributed by atoms with Crippen LogP contribution in [0.15, 0.2) is 29.2 Å². The van der Waals surface area contributed by atoms with Gasteiger partial charge in [0.15, 0.2) is 0 Å². The van der Waals surface area contributed by atoms with Crippen LogP contribution in [0.1, 0.15) is 13.8 Å². The van der Waals surface area contributed by atoms with Gasteiger partial charge in [-0.05, 0) is 26.0 Å². The van der Waals surface area contributed by atoms with Gasteiger partial charge in [0.2, 0.25) is 10.0 Å². The van der Waals surface area contributed by atoms with Crippen LogP contribution in [0.5, 0.6) is 0 Å². The van der Waals surface area contributed by atoms with Crippen molar-refractivity contribution in [1.82, 2.24) is 0 Å². The Bertz CT molecular complexity index is 537. The second-order valence-corrected chi connectivity index (χ2v) is 5.63. The molecule has 0 fully saturated rings. The summed E-state index contributed by atoms with van der Waals surface area (Å²) in [6.07, 6.45) is 0. The van der Waals surface area contributed by atoms with Crippen molar-refractivity contribution < 1.29 is 18.3 Å². The zero-order valence-corrected chi connectivity index (χ0v) is 10.3. The molecule has 0 bridgehead atoms. The van der Waals surface area contributed by atoms with E-state index in [2.05, 4.69) is 5.32 Å². The largest absolute Gasteiger partial charge is 0.480 e. The van der Waals surface area contributed by atoms with Gasteiger partial charge < -0.3 is 10.4 Å². The lowest BCUT2D eigenvalue weighted by Gasteiger charge is -2.23. The molecule has 0 aliphatic carbocycles. The van der Waals surface area contributed by atoms with Gasteiger partial charge in [-0.1, -0.05) is 12.1 Å². The third-order valence-corrected chi connectivity index (χ3v) is 3.14. The lowest BCUT2D eigenvalue weighted by Crippen LogP contribution is -2.40. The van der Waals surface area contributed by atoms with Crippen LogP contribution in [0, 0.1) is 0 Å². The number of para-hydroxylation sites is 1. The molecule has 4 N–H and O–H groups in total. The zero-order valence-electron chi connectivity index (χ0n) is 9.47. The molecule has 7 heteroatoms. The fourth-order valence-electron chi connectivity index (χ4n) is 1.21. The second kappa shape index (κ2) is 4.34. The summed E-state index contributed by atoms with van der Waals surface area (Å²) in [6.45, 7) is 2.85. The molecule has 0 saturated carbocycles. The first-order valence-corrected chi connectivity index (χ1v) is 6.32. The quantitative estimate of drug-likeness (QED) is 0.733. The summed E-state index contributed by atoms with van der Waals surface area (Å²) in [6, 6.07) is 5.88. The molecule has 1 rings (SSSR count). The van der Waals surface area contributed by atoms with Crippen LogP contribution in [0.4, 0.5) is 5.69 Å². The Kier molecular flexibility index (Phi) is 3.44. The molecule has 0 unspecified atom stereocenters. The number of aliphatic carboxylic acids is 1. The Morgan fingerprint density at radius 3 is 2.35 bits per heavy atom.